The van der Waals surface area contributed by atoms with Gasteiger partial charge in [0.2, 0.25) is 23.7 Å². The van der Waals surface area contributed by atoms with Gasteiger partial charge in [-0.05, 0) is 20.8 Å². The van der Waals surface area contributed by atoms with E-state index in [1.165, 1.54) is 4.90 Å². The van der Waals surface area contributed by atoms with Crippen LogP contribution in [0.3, 0.4) is 0 Å². The number of hydrogen-bond acceptors (Lipinski definition) is 8. The van der Waals surface area contributed by atoms with Crippen molar-refractivity contribution in [2.24, 2.45) is 0 Å². The Hall–Kier alpha value is -2.10. The molecular formula is C12H21N7O2S. The van der Waals surface area contributed by atoms with E-state index in [1.807, 2.05) is 20.8 Å². The van der Waals surface area contributed by atoms with Crippen molar-refractivity contribution >= 4 is 35.5 Å². The first-order valence-corrected chi connectivity index (χ1v) is 7.50. The van der Waals surface area contributed by atoms with Gasteiger partial charge >= 0.3 is 0 Å². The number of nitrogens with zero attached hydrogens (tertiary/aromatic N) is 4. The lowest BCUT2D eigenvalue weighted by Gasteiger charge is -2.23. The predicted molar refractivity (Wildman–Crippen MR) is 84.9 cm³/mol. The van der Waals surface area contributed by atoms with E-state index in [-0.39, 0.29) is 46.7 Å². The predicted octanol–water partition coefficient (Wildman–Crippen LogP) is -0.499. The maximum absolute atomic E-state index is 12.0. The molecule has 1 aromatic heterocycles. The van der Waals surface area contributed by atoms with Gasteiger partial charge in [-0.2, -0.15) is 15.0 Å². The number of carbonyl (C=O) groups excluding carboxylic acids is 2. The van der Waals surface area contributed by atoms with Crippen molar-refractivity contribution in [3.8, 4) is 0 Å². The Bertz CT molecular complexity index is 539. The molecule has 122 valence electrons. The maximum atomic E-state index is 12.0. The number of thioether (sulfide) groups is 1. The summed E-state index contributed by atoms with van der Waals surface area (Å²) in [5, 5.41) is 3.06. The summed E-state index contributed by atoms with van der Waals surface area (Å²) in [6.07, 6.45) is 0. The molecule has 9 nitrogen and oxygen atoms in total. The maximum Gasteiger partial charge on any atom is 0.240 e. The fourth-order valence-electron chi connectivity index (χ4n) is 1.45. The first kappa shape index (κ1) is 18.0. The molecule has 0 fully saturated rings. The molecule has 0 aliphatic rings. The van der Waals surface area contributed by atoms with Crippen molar-refractivity contribution in [1.29, 1.82) is 0 Å². The van der Waals surface area contributed by atoms with E-state index >= 15 is 0 Å². The largest absolute Gasteiger partial charge is 0.368 e. The highest BCUT2D eigenvalue weighted by molar-refractivity contribution is 7.99. The molecule has 0 unspecified atom stereocenters. The minimum Gasteiger partial charge on any atom is -0.368 e. The molecule has 1 heterocycles. The lowest BCUT2D eigenvalue weighted by molar-refractivity contribution is -0.133. The van der Waals surface area contributed by atoms with E-state index in [9.17, 15) is 9.59 Å². The summed E-state index contributed by atoms with van der Waals surface area (Å²) in [6.45, 7) is 5.60. The molecule has 2 amide bonds. The SMILES string of the molecule is CN(CC(=O)NC(C)(C)C)C(=O)CSc1nc(N)nc(N)n1. The first-order valence-electron chi connectivity index (χ1n) is 6.51. The van der Waals surface area contributed by atoms with E-state index in [2.05, 4.69) is 20.3 Å². The van der Waals surface area contributed by atoms with Crippen molar-refractivity contribution < 1.29 is 9.59 Å². The Balaban J connectivity index is 2.49. The molecule has 0 bridgehead atoms. The molecule has 0 saturated heterocycles. The standard InChI is InChI=1S/C12H21N7O2S/c1-12(2,3)18-7(20)5-19(4)8(21)6-22-11-16-9(13)15-10(14)17-11/h5-6H2,1-4H3,(H,18,20)(H4,13,14,15,16,17). The van der Waals surface area contributed by atoms with Crippen LogP contribution in [-0.4, -0.2) is 56.6 Å². The number of amides is 2. The van der Waals surface area contributed by atoms with E-state index in [4.69, 9.17) is 11.5 Å². The van der Waals surface area contributed by atoms with Gasteiger partial charge in [-0.15, -0.1) is 0 Å². The van der Waals surface area contributed by atoms with Gasteiger partial charge in [0.25, 0.3) is 0 Å². The van der Waals surface area contributed by atoms with Crippen LogP contribution in [0, 0.1) is 0 Å². The first-order chi connectivity index (χ1) is 10.1. The average Bonchev–Trinajstić information content (AvgIpc) is 2.32. The Morgan fingerprint density at radius 3 is 2.23 bits per heavy atom. The van der Waals surface area contributed by atoms with Gasteiger partial charge in [0.1, 0.15) is 0 Å². The number of aromatic nitrogens is 3. The molecule has 1 rings (SSSR count). The number of anilines is 2. The summed E-state index contributed by atoms with van der Waals surface area (Å²) >= 11 is 1.08. The fourth-order valence-corrected chi connectivity index (χ4v) is 2.24. The summed E-state index contributed by atoms with van der Waals surface area (Å²) in [6, 6.07) is 0. The highest BCUT2D eigenvalue weighted by Gasteiger charge is 2.18. The summed E-state index contributed by atoms with van der Waals surface area (Å²) in [7, 11) is 1.56. The fraction of sp³-hybridized carbons (Fsp3) is 0.583. The monoisotopic (exact) mass is 327 g/mol. The zero-order valence-electron chi connectivity index (χ0n) is 13.1. The second-order valence-electron chi connectivity index (χ2n) is 5.67. The topological polar surface area (TPSA) is 140 Å². The van der Waals surface area contributed by atoms with E-state index in [0.29, 0.717) is 0 Å². The van der Waals surface area contributed by atoms with Gasteiger partial charge in [-0.3, -0.25) is 9.59 Å². The summed E-state index contributed by atoms with van der Waals surface area (Å²) < 4.78 is 0. The van der Waals surface area contributed by atoms with Crippen molar-refractivity contribution in [3.63, 3.8) is 0 Å². The van der Waals surface area contributed by atoms with Crippen LogP contribution in [-0.2, 0) is 9.59 Å². The molecule has 0 radical (unpaired) electrons. The average molecular weight is 327 g/mol. The lowest BCUT2D eigenvalue weighted by Crippen LogP contribution is -2.46. The highest BCUT2D eigenvalue weighted by atomic mass is 32.2. The van der Waals surface area contributed by atoms with Gasteiger partial charge in [-0.1, -0.05) is 11.8 Å². The number of nitrogen functional groups attached to an aromatic ring is 2. The number of hydrogen-bond donors (Lipinski definition) is 3. The molecule has 0 atom stereocenters. The number of nitrogens with two attached hydrogens (primary N) is 2. The molecule has 0 aliphatic heterocycles. The smallest absolute Gasteiger partial charge is 0.240 e. The van der Waals surface area contributed by atoms with Crippen LogP contribution < -0.4 is 16.8 Å². The molecule has 0 aliphatic carbocycles. The van der Waals surface area contributed by atoms with E-state index < -0.39 is 0 Å². The number of nitrogens with one attached hydrogen (secondary N) is 1. The van der Waals surface area contributed by atoms with Crippen LogP contribution in [0.4, 0.5) is 11.9 Å². The van der Waals surface area contributed by atoms with Crippen molar-refractivity contribution in [2.75, 3.05) is 30.8 Å². The number of carbonyl (C=O) groups is 2. The van der Waals surface area contributed by atoms with Gasteiger partial charge in [-0.25, -0.2) is 0 Å². The van der Waals surface area contributed by atoms with E-state index in [0.717, 1.165) is 11.8 Å². The van der Waals surface area contributed by atoms with Gasteiger partial charge in [0.05, 0.1) is 12.3 Å². The van der Waals surface area contributed by atoms with Crippen LogP contribution in [0.2, 0.25) is 0 Å². The molecule has 5 N–H and O–H groups in total. The zero-order valence-corrected chi connectivity index (χ0v) is 13.9. The molecule has 10 heteroatoms. The van der Waals surface area contributed by atoms with Crippen molar-refractivity contribution in [2.45, 2.75) is 31.5 Å². The minimum atomic E-state index is -0.338. The molecule has 0 aromatic carbocycles. The third-order valence-corrected chi connectivity index (χ3v) is 3.13. The Kier molecular flexibility index (Phi) is 5.92. The highest BCUT2D eigenvalue weighted by Crippen LogP contribution is 2.14. The number of likely N-dealkylation sites (N-methyl/N-ethyl adjacent to an activating group) is 1. The summed E-state index contributed by atoms with van der Waals surface area (Å²) in [5.74, 6) is -0.378. The molecular weight excluding hydrogens is 306 g/mol. The van der Waals surface area contributed by atoms with Gasteiger partial charge in [0.15, 0.2) is 5.16 Å². The molecule has 1 aromatic rings. The summed E-state index contributed by atoms with van der Waals surface area (Å²) in [5.41, 5.74) is 10.6. The second-order valence-corrected chi connectivity index (χ2v) is 6.61. The zero-order chi connectivity index (χ0) is 16.9. The normalized spacial score (nSPS) is 11.1. The van der Waals surface area contributed by atoms with Crippen LogP contribution in [0.25, 0.3) is 0 Å². The third kappa shape index (κ3) is 6.57. The van der Waals surface area contributed by atoms with Crippen LogP contribution in [0.1, 0.15) is 20.8 Å². The molecule has 0 spiro atoms. The van der Waals surface area contributed by atoms with Crippen LogP contribution in [0.5, 0.6) is 0 Å². The Labute approximate surface area is 133 Å². The molecule has 22 heavy (non-hydrogen) atoms. The van der Waals surface area contributed by atoms with Gasteiger partial charge in [0, 0.05) is 12.6 Å². The Morgan fingerprint density at radius 2 is 1.73 bits per heavy atom. The minimum absolute atomic E-state index is 0.000332. The summed E-state index contributed by atoms with van der Waals surface area (Å²) in [4.78, 5) is 36.4. The lowest BCUT2D eigenvalue weighted by atomic mass is 10.1. The quantitative estimate of drug-likeness (QED) is 0.615. The number of rotatable bonds is 5. The van der Waals surface area contributed by atoms with Gasteiger partial charge < -0.3 is 21.7 Å². The van der Waals surface area contributed by atoms with Crippen LogP contribution >= 0.6 is 11.8 Å². The Morgan fingerprint density at radius 1 is 1.18 bits per heavy atom. The van der Waals surface area contributed by atoms with E-state index in [1.54, 1.807) is 7.05 Å². The van der Waals surface area contributed by atoms with Crippen molar-refractivity contribution in [1.82, 2.24) is 25.2 Å². The molecule has 0 saturated carbocycles. The van der Waals surface area contributed by atoms with Crippen LogP contribution in [0.15, 0.2) is 5.16 Å². The second kappa shape index (κ2) is 7.25. The van der Waals surface area contributed by atoms with Crippen molar-refractivity contribution in [3.05, 3.63) is 0 Å². The third-order valence-electron chi connectivity index (χ3n) is 2.30.